The van der Waals surface area contributed by atoms with E-state index in [1.54, 1.807) is 30.5 Å². The Bertz CT molecular complexity index is 868. The van der Waals surface area contributed by atoms with E-state index in [1.165, 1.54) is 7.11 Å². The lowest BCUT2D eigenvalue weighted by Crippen LogP contribution is -2.13. The minimum atomic E-state index is -0.404. The van der Waals surface area contributed by atoms with Crippen LogP contribution in [-0.2, 0) is 4.74 Å². The van der Waals surface area contributed by atoms with Crippen molar-refractivity contribution in [2.24, 2.45) is 0 Å². The second-order valence-corrected chi connectivity index (χ2v) is 5.30. The van der Waals surface area contributed by atoms with E-state index < -0.39 is 5.97 Å². The molecule has 0 bridgehead atoms. The molecule has 3 rings (SSSR count). The number of benzene rings is 2. The zero-order chi connectivity index (χ0) is 17.6. The maximum absolute atomic E-state index is 11.9. The van der Waals surface area contributed by atoms with Crippen molar-refractivity contribution in [3.8, 4) is 0 Å². The summed E-state index contributed by atoms with van der Waals surface area (Å²) in [7, 11) is 3.26. The standard InChI is InChI=1S/C19H18N4O2/c1-23(14-8-4-3-5-9-14)19-20-13-12-17(22-19)21-16-11-7-6-10-15(16)18(24)25-2/h3-13H,1-2H3,(H,20,21,22). The van der Waals surface area contributed by atoms with Gasteiger partial charge in [0.15, 0.2) is 0 Å². The molecular weight excluding hydrogens is 316 g/mol. The predicted molar refractivity (Wildman–Crippen MR) is 97.6 cm³/mol. The van der Waals surface area contributed by atoms with Crippen LogP contribution in [0.2, 0.25) is 0 Å². The molecule has 1 heterocycles. The van der Waals surface area contributed by atoms with E-state index in [0.717, 1.165) is 5.69 Å². The number of rotatable bonds is 5. The first kappa shape index (κ1) is 16.4. The molecule has 0 unspecified atom stereocenters. The first-order chi connectivity index (χ1) is 12.2. The molecule has 0 radical (unpaired) electrons. The fraction of sp³-hybridized carbons (Fsp3) is 0.105. The van der Waals surface area contributed by atoms with Crippen LogP contribution in [0.15, 0.2) is 66.9 Å². The first-order valence-corrected chi connectivity index (χ1v) is 7.75. The van der Waals surface area contributed by atoms with Gasteiger partial charge in [-0.05, 0) is 30.3 Å². The van der Waals surface area contributed by atoms with Gasteiger partial charge in [-0.1, -0.05) is 30.3 Å². The van der Waals surface area contributed by atoms with Gasteiger partial charge >= 0.3 is 5.97 Å². The lowest BCUT2D eigenvalue weighted by Gasteiger charge is -2.18. The van der Waals surface area contributed by atoms with Gasteiger partial charge in [-0.3, -0.25) is 0 Å². The third kappa shape index (κ3) is 3.74. The highest BCUT2D eigenvalue weighted by Crippen LogP contribution is 2.23. The Hall–Kier alpha value is -3.41. The van der Waals surface area contributed by atoms with Crippen molar-refractivity contribution in [1.29, 1.82) is 0 Å². The summed E-state index contributed by atoms with van der Waals surface area (Å²) in [5, 5.41) is 3.16. The molecule has 1 N–H and O–H groups in total. The van der Waals surface area contributed by atoms with Crippen LogP contribution in [0.1, 0.15) is 10.4 Å². The number of nitrogens with zero attached hydrogens (tertiary/aromatic N) is 3. The van der Waals surface area contributed by atoms with Crippen LogP contribution in [-0.4, -0.2) is 30.1 Å². The number of ether oxygens (including phenoxy) is 1. The molecule has 0 spiro atoms. The van der Waals surface area contributed by atoms with Crippen LogP contribution < -0.4 is 10.2 Å². The fourth-order valence-corrected chi connectivity index (χ4v) is 2.36. The van der Waals surface area contributed by atoms with E-state index in [2.05, 4.69) is 15.3 Å². The minimum absolute atomic E-state index is 0.404. The third-order valence-corrected chi connectivity index (χ3v) is 3.68. The topological polar surface area (TPSA) is 67.3 Å². The summed E-state index contributed by atoms with van der Waals surface area (Å²) in [5.41, 5.74) is 2.05. The molecular formula is C19H18N4O2. The van der Waals surface area contributed by atoms with Crippen molar-refractivity contribution in [3.05, 3.63) is 72.4 Å². The number of methoxy groups -OCH3 is 1. The first-order valence-electron chi connectivity index (χ1n) is 7.75. The number of esters is 1. The molecule has 0 saturated heterocycles. The maximum Gasteiger partial charge on any atom is 0.339 e. The molecule has 0 aliphatic rings. The van der Waals surface area contributed by atoms with Crippen LogP contribution in [0.4, 0.5) is 23.1 Å². The predicted octanol–water partition coefficient (Wildman–Crippen LogP) is 3.77. The number of carbonyl (C=O) groups excluding carboxylic acids is 1. The average Bonchev–Trinajstić information content (AvgIpc) is 2.68. The summed E-state index contributed by atoms with van der Waals surface area (Å²) in [6.45, 7) is 0. The van der Waals surface area contributed by atoms with Gasteiger partial charge in [-0.2, -0.15) is 4.98 Å². The van der Waals surface area contributed by atoms with Crippen LogP contribution in [0.3, 0.4) is 0 Å². The van der Waals surface area contributed by atoms with E-state index in [9.17, 15) is 4.79 Å². The highest BCUT2D eigenvalue weighted by atomic mass is 16.5. The summed E-state index contributed by atoms with van der Waals surface area (Å²) in [5.74, 6) is 0.731. The third-order valence-electron chi connectivity index (χ3n) is 3.68. The number of nitrogens with one attached hydrogen (secondary N) is 1. The molecule has 0 atom stereocenters. The Morgan fingerprint density at radius 3 is 2.52 bits per heavy atom. The molecule has 0 amide bonds. The normalized spacial score (nSPS) is 10.2. The van der Waals surface area contributed by atoms with Gasteiger partial charge in [0.1, 0.15) is 5.82 Å². The summed E-state index contributed by atoms with van der Waals surface area (Å²) < 4.78 is 4.81. The number of hydrogen-bond acceptors (Lipinski definition) is 6. The van der Waals surface area contributed by atoms with Crippen LogP contribution in [0, 0.1) is 0 Å². The molecule has 6 heteroatoms. The van der Waals surface area contributed by atoms with E-state index in [1.807, 2.05) is 48.3 Å². The molecule has 25 heavy (non-hydrogen) atoms. The quantitative estimate of drug-likeness (QED) is 0.716. The molecule has 0 aliphatic carbocycles. The van der Waals surface area contributed by atoms with Crippen LogP contribution in [0.5, 0.6) is 0 Å². The van der Waals surface area contributed by atoms with Crippen molar-refractivity contribution < 1.29 is 9.53 Å². The second-order valence-electron chi connectivity index (χ2n) is 5.30. The molecule has 0 fully saturated rings. The lowest BCUT2D eigenvalue weighted by molar-refractivity contribution is 0.0602. The zero-order valence-electron chi connectivity index (χ0n) is 14.0. The number of hydrogen-bond donors (Lipinski definition) is 1. The summed E-state index contributed by atoms with van der Waals surface area (Å²) in [4.78, 5) is 22.6. The Morgan fingerprint density at radius 1 is 1.04 bits per heavy atom. The van der Waals surface area contributed by atoms with E-state index in [0.29, 0.717) is 23.0 Å². The van der Waals surface area contributed by atoms with E-state index in [-0.39, 0.29) is 0 Å². The van der Waals surface area contributed by atoms with Gasteiger partial charge in [-0.15, -0.1) is 0 Å². The van der Waals surface area contributed by atoms with Crippen molar-refractivity contribution in [3.63, 3.8) is 0 Å². The van der Waals surface area contributed by atoms with Gasteiger partial charge < -0.3 is 15.0 Å². The number of anilines is 4. The van der Waals surface area contributed by atoms with Crippen molar-refractivity contribution >= 4 is 29.1 Å². The fourth-order valence-electron chi connectivity index (χ4n) is 2.36. The minimum Gasteiger partial charge on any atom is -0.465 e. The second kappa shape index (κ2) is 7.44. The smallest absolute Gasteiger partial charge is 0.339 e. The molecule has 3 aromatic rings. The Kier molecular flexibility index (Phi) is 4.89. The highest BCUT2D eigenvalue weighted by Gasteiger charge is 2.12. The largest absolute Gasteiger partial charge is 0.465 e. The summed E-state index contributed by atoms with van der Waals surface area (Å²) >= 11 is 0. The van der Waals surface area contributed by atoms with Gasteiger partial charge in [0.2, 0.25) is 5.95 Å². The number of aromatic nitrogens is 2. The lowest BCUT2D eigenvalue weighted by atomic mass is 10.2. The SMILES string of the molecule is COC(=O)c1ccccc1Nc1ccnc(N(C)c2ccccc2)n1. The molecule has 0 saturated carbocycles. The van der Waals surface area contributed by atoms with Crippen molar-refractivity contribution in [1.82, 2.24) is 9.97 Å². The maximum atomic E-state index is 11.9. The van der Waals surface area contributed by atoms with Crippen molar-refractivity contribution in [2.45, 2.75) is 0 Å². The highest BCUT2D eigenvalue weighted by molar-refractivity contribution is 5.96. The summed E-state index contributed by atoms with van der Waals surface area (Å²) in [6, 6.07) is 18.7. The van der Waals surface area contributed by atoms with Crippen molar-refractivity contribution in [2.75, 3.05) is 24.4 Å². The molecule has 126 valence electrons. The van der Waals surface area contributed by atoms with Gasteiger partial charge in [0.25, 0.3) is 0 Å². The number of para-hydroxylation sites is 2. The average molecular weight is 334 g/mol. The van der Waals surface area contributed by atoms with Gasteiger partial charge in [-0.25, -0.2) is 9.78 Å². The molecule has 6 nitrogen and oxygen atoms in total. The van der Waals surface area contributed by atoms with Gasteiger partial charge in [0.05, 0.1) is 18.4 Å². The Labute approximate surface area is 146 Å². The molecule has 0 aliphatic heterocycles. The molecule has 1 aromatic heterocycles. The Morgan fingerprint density at radius 2 is 1.76 bits per heavy atom. The number of carbonyl (C=O) groups is 1. The van der Waals surface area contributed by atoms with E-state index in [4.69, 9.17) is 4.74 Å². The Balaban J connectivity index is 1.87. The van der Waals surface area contributed by atoms with Gasteiger partial charge in [0, 0.05) is 18.9 Å². The zero-order valence-corrected chi connectivity index (χ0v) is 14.0. The van der Waals surface area contributed by atoms with Crippen LogP contribution in [0.25, 0.3) is 0 Å². The molecule has 2 aromatic carbocycles. The van der Waals surface area contributed by atoms with E-state index >= 15 is 0 Å². The summed E-state index contributed by atoms with van der Waals surface area (Å²) in [6.07, 6.45) is 1.67. The van der Waals surface area contributed by atoms with Crippen LogP contribution >= 0.6 is 0 Å². The monoisotopic (exact) mass is 334 g/mol.